The van der Waals surface area contributed by atoms with E-state index in [1.807, 2.05) is 13.0 Å². The van der Waals surface area contributed by atoms with Crippen molar-refractivity contribution in [2.24, 2.45) is 5.41 Å². The van der Waals surface area contributed by atoms with E-state index in [2.05, 4.69) is 49.0 Å². The summed E-state index contributed by atoms with van der Waals surface area (Å²) >= 11 is 0. The molecule has 0 bridgehead atoms. The van der Waals surface area contributed by atoms with Gasteiger partial charge >= 0.3 is 0 Å². The summed E-state index contributed by atoms with van der Waals surface area (Å²) in [6.07, 6.45) is 0. The van der Waals surface area contributed by atoms with Gasteiger partial charge in [0.25, 0.3) is 0 Å². The Balaban J connectivity index is 2.20. The van der Waals surface area contributed by atoms with Gasteiger partial charge < -0.3 is 10.1 Å². The minimum absolute atomic E-state index is 0.251. The van der Waals surface area contributed by atoms with Gasteiger partial charge in [-0.1, -0.05) is 20.8 Å². The Morgan fingerprint density at radius 2 is 2.10 bits per heavy atom. The van der Waals surface area contributed by atoms with E-state index in [4.69, 9.17) is 4.74 Å². The fourth-order valence-electron chi connectivity index (χ4n) is 3.12. The number of nitrogens with one attached hydrogen (secondary N) is 1. The molecule has 0 radical (unpaired) electrons. The van der Waals surface area contributed by atoms with Crippen LogP contribution in [0.15, 0.2) is 12.1 Å². The molecule has 1 aliphatic rings. The zero-order valence-corrected chi connectivity index (χ0v) is 14.2. The molecule has 21 heavy (non-hydrogen) atoms. The third-order valence-corrected chi connectivity index (χ3v) is 4.19. The average molecular weight is 291 g/mol. The molecule has 4 heteroatoms. The van der Waals surface area contributed by atoms with Crippen LogP contribution in [-0.2, 0) is 6.54 Å². The second kappa shape index (κ2) is 6.32. The van der Waals surface area contributed by atoms with Crippen LogP contribution in [0.2, 0.25) is 0 Å². The Hall–Kier alpha value is -1.13. The summed E-state index contributed by atoms with van der Waals surface area (Å²) in [5, 5.41) is 3.60. The maximum Gasteiger partial charge on any atom is 0.122 e. The first-order chi connectivity index (χ1) is 9.79. The Morgan fingerprint density at radius 3 is 2.71 bits per heavy atom. The van der Waals surface area contributed by atoms with E-state index in [0.717, 1.165) is 36.8 Å². The first-order valence-electron chi connectivity index (χ1n) is 7.78. The van der Waals surface area contributed by atoms with Gasteiger partial charge in [-0.25, -0.2) is 0 Å². The molecule has 4 nitrogen and oxygen atoms in total. The number of aryl methyl sites for hydroxylation is 1. The third kappa shape index (κ3) is 4.17. The number of methoxy groups -OCH3 is 1. The lowest BCUT2D eigenvalue weighted by atomic mass is 9.84. The molecule has 1 aromatic rings. The summed E-state index contributed by atoms with van der Waals surface area (Å²) < 4.78 is 5.37. The van der Waals surface area contributed by atoms with Gasteiger partial charge in [-0.15, -0.1) is 0 Å². The summed E-state index contributed by atoms with van der Waals surface area (Å²) in [4.78, 5) is 7.23. The number of hydrogen-bond donors (Lipinski definition) is 1. The van der Waals surface area contributed by atoms with Crippen molar-refractivity contribution in [3.8, 4) is 5.75 Å². The van der Waals surface area contributed by atoms with Gasteiger partial charge in [0.15, 0.2) is 0 Å². The van der Waals surface area contributed by atoms with Crippen molar-refractivity contribution in [3.05, 3.63) is 23.5 Å². The highest BCUT2D eigenvalue weighted by molar-refractivity contribution is 5.26. The highest BCUT2D eigenvalue weighted by Crippen LogP contribution is 2.28. The predicted molar refractivity (Wildman–Crippen MR) is 86.6 cm³/mol. The molecule has 1 N–H and O–H groups in total. The van der Waals surface area contributed by atoms with Crippen molar-refractivity contribution in [2.75, 3.05) is 20.2 Å². The van der Waals surface area contributed by atoms with Gasteiger partial charge in [0.1, 0.15) is 5.75 Å². The first kappa shape index (κ1) is 16.2. The molecule has 0 amide bonds. The van der Waals surface area contributed by atoms with E-state index in [9.17, 15) is 0 Å². The summed E-state index contributed by atoms with van der Waals surface area (Å²) in [6, 6.07) is 5.07. The molecule has 0 aliphatic carbocycles. The third-order valence-electron chi connectivity index (χ3n) is 4.19. The standard InChI is InChI=1S/C17H29N3O/c1-12-7-15(21-6)8-14(19-12)11-20-10-13(2)18-9-16(20)17(3,4)5/h7-8,13,16,18H,9-11H2,1-6H3. The van der Waals surface area contributed by atoms with Gasteiger partial charge in [0.2, 0.25) is 0 Å². The number of pyridine rings is 1. The van der Waals surface area contributed by atoms with Crippen LogP contribution in [0.5, 0.6) is 5.75 Å². The zero-order valence-electron chi connectivity index (χ0n) is 14.2. The van der Waals surface area contributed by atoms with E-state index in [0.29, 0.717) is 12.1 Å². The van der Waals surface area contributed by atoms with Crippen LogP contribution >= 0.6 is 0 Å². The van der Waals surface area contributed by atoms with Crippen molar-refractivity contribution in [1.29, 1.82) is 0 Å². The summed E-state index contributed by atoms with van der Waals surface area (Å²) in [7, 11) is 1.71. The normalized spacial score (nSPS) is 24.1. The van der Waals surface area contributed by atoms with Crippen molar-refractivity contribution in [2.45, 2.75) is 53.2 Å². The van der Waals surface area contributed by atoms with E-state index >= 15 is 0 Å². The van der Waals surface area contributed by atoms with E-state index < -0.39 is 0 Å². The number of nitrogens with zero attached hydrogens (tertiary/aromatic N) is 2. The number of ether oxygens (including phenoxy) is 1. The quantitative estimate of drug-likeness (QED) is 0.929. The number of hydrogen-bond acceptors (Lipinski definition) is 4. The van der Waals surface area contributed by atoms with Crippen molar-refractivity contribution >= 4 is 0 Å². The van der Waals surface area contributed by atoms with Crippen LogP contribution in [-0.4, -0.2) is 42.2 Å². The molecule has 118 valence electrons. The van der Waals surface area contributed by atoms with Crippen molar-refractivity contribution < 1.29 is 4.74 Å². The van der Waals surface area contributed by atoms with E-state index in [-0.39, 0.29) is 5.41 Å². The minimum atomic E-state index is 0.251. The molecular weight excluding hydrogens is 262 g/mol. The topological polar surface area (TPSA) is 37.4 Å². The molecule has 1 aromatic heterocycles. The smallest absolute Gasteiger partial charge is 0.122 e. The Kier molecular flexibility index (Phi) is 4.89. The van der Waals surface area contributed by atoms with Crippen LogP contribution in [0.1, 0.15) is 39.1 Å². The molecule has 0 spiro atoms. The van der Waals surface area contributed by atoms with Crippen LogP contribution in [0.4, 0.5) is 0 Å². The predicted octanol–water partition coefficient (Wildman–Crippen LogP) is 2.61. The van der Waals surface area contributed by atoms with Gasteiger partial charge in [-0.2, -0.15) is 0 Å². The van der Waals surface area contributed by atoms with Crippen molar-refractivity contribution in [1.82, 2.24) is 15.2 Å². The molecule has 2 heterocycles. The molecule has 2 unspecified atom stereocenters. The van der Waals surface area contributed by atoms with Gasteiger partial charge in [0.05, 0.1) is 12.8 Å². The molecule has 2 rings (SSSR count). The van der Waals surface area contributed by atoms with Crippen LogP contribution in [0.25, 0.3) is 0 Å². The second-order valence-corrected chi connectivity index (χ2v) is 7.26. The van der Waals surface area contributed by atoms with E-state index in [1.54, 1.807) is 7.11 Å². The summed E-state index contributed by atoms with van der Waals surface area (Å²) in [5.74, 6) is 0.896. The van der Waals surface area contributed by atoms with Crippen molar-refractivity contribution in [3.63, 3.8) is 0 Å². The molecule has 1 saturated heterocycles. The Morgan fingerprint density at radius 1 is 1.38 bits per heavy atom. The largest absolute Gasteiger partial charge is 0.497 e. The number of rotatable bonds is 3. The maximum absolute atomic E-state index is 5.37. The molecule has 1 aliphatic heterocycles. The molecule has 2 atom stereocenters. The lowest BCUT2D eigenvalue weighted by Gasteiger charge is -2.45. The minimum Gasteiger partial charge on any atom is -0.497 e. The van der Waals surface area contributed by atoms with E-state index in [1.165, 1.54) is 0 Å². The van der Waals surface area contributed by atoms with Gasteiger partial charge in [-0.3, -0.25) is 9.88 Å². The molecule has 0 aromatic carbocycles. The van der Waals surface area contributed by atoms with Crippen LogP contribution < -0.4 is 10.1 Å². The highest BCUT2D eigenvalue weighted by Gasteiger charge is 2.34. The number of piperazine rings is 1. The Bertz CT molecular complexity index is 481. The summed E-state index contributed by atoms with van der Waals surface area (Å²) in [5.41, 5.74) is 2.36. The first-order valence-corrected chi connectivity index (χ1v) is 7.78. The highest BCUT2D eigenvalue weighted by atomic mass is 16.5. The maximum atomic E-state index is 5.37. The molecular formula is C17H29N3O. The summed E-state index contributed by atoms with van der Waals surface area (Å²) in [6.45, 7) is 14.2. The fraction of sp³-hybridized carbons (Fsp3) is 0.706. The fourth-order valence-corrected chi connectivity index (χ4v) is 3.12. The van der Waals surface area contributed by atoms with Crippen LogP contribution in [0, 0.1) is 12.3 Å². The van der Waals surface area contributed by atoms with Gasteiger partial charge in [-0.05, 0) is 19.3 Å². The lowest BCUT2D eigenvalue weighted by molar-refractivity contribution is 0.0515. The molecule has 0 saturated carbocycles. The average Bonchev–Trinajstić information content (AvgIpc) is 2.36. The van der Waals surface area contributed by atoms with Gasteiger partial charge in [0, 0.05) is 49.5 Å². The lowest BCUT2D eigenvalue weighted by Crippen LogP contribution is -2.59. The number of aromatic nitrogens is 1. The van der Waals surface area contributed by atoms with Crippen LogP contribution in [0.3, 0.4) is 0 Å². The SMILES string of the molecule is COc1cc(C)nc(CN2CC(C)NCC2C(C)(C)C)c1. The monoisotopic (exact) mass is 291 g/mol. The second-order valence-electron chi connectivity index (χ2n) is 7.26. The Labute approximate surface area is 128 Å². The molecule has 1 fully saturated rings. The zero-order chi connectivity index (χ0) is 15.6.